The third-order valence-corrected chi connectivity index (χ3v) is 6.14. The van der Waals surface area contributed by atoms with E-state index in [0.29, 0.717) is 22.6 Å². The summed E-state index contributed by atoms with van der Waals surface area (Å²) in [6, 6.07) is 20.2. The number of rotatable bonds is 15. The van der Waals surface area contributed by atoms with Crippen LogP contribution in [0.4, 0.5) is 0 Å². The summed E-state index contributed by atoms with van der Waals surface area (Å²) in [5, 5.41) is 9.08. The van der Waals surface area contributed by atoms with Crippen LogP contribution in [0.1, 0.15) is 31.4 Å². The molecule has 0 aromatic heterocycles. The number of hydrogen-bond donors (Lipinski definition) is 1. The monoisotopic (exact) mass is 558 g/mol. The highest BCUT2D eigenvalue weighted by molar-refractivity contribution is 5.87. The van der Waals surface area contributed by atoms with Gasteiger partial charge in [-0.15, -0.1) is 0 Å². The van der Waals surface area contributed by atoms with Crippen LogP contribution in [0.3, 0.4) is 0 Å². The Kier molecular flexibility index (Phi) is 11.7. The molecule has 41 heavy (non-hydrogen) atoms. The van der Waals surface area contributed by atoms with Gasteiger partial charge in [-0.1, -0.05) is 61.7 Å². The standard InChI is InChI=1S/C34H38O7/c1-23(2)33(36)40-19-17-38-30-21-25(5)22-31(39-18-20-41-34(37)24(3)4)32(30)29-14-12-28(13-15-29)27-10-8-26(9-11-27)7-6-16-35/h8-15,21-22,35H,1,3,6-7,16-20H2,2,4-5H3. The predicted octanol–water partition coefficient (Wildman–Crippen LogP) is 6.25. The number of ether oxygens (including phenoxy) is 4. The van der Waals surface area contributed by atoms with Crippen LogP contribution in [0.25, 0.3) is 22.3 Å². The van der Waals surface area contributed by atoms with E-state index in [1.165, 1.54) is 5.56 Å². The van der Waals surface area contributed by atoms with Crippen LogP contribution in [0.5, 0.6) is 11.5 Å². The summed E-state index contributed by atoms with van der Waals surface area (Å²) >= 11 is 0. The summed E-state index contributed by atoms with van der Waals surface area (Å²) in [5.41, 5.74) is 6.49. The number of benzene rings is 3. The van der Waals surface area contributed by atoms with Crippen molar-refractivity contribution in [3.8, 4) is 33.8 Å². The summed E-state index contributed by atoms with van der Waals surface area (Å²) in [5.74, 6) is 0.212. The SMILES string of the molecule is C=C(C)C(=O)OCCOc1cc(C)cc(OCCOC(=O)C(=C)C)c1-c1ccc(-c2ccc(CCCO)cc2)cc1. The molecule has 0 aliphatic carbocycles. The Morgan fingerprint density at radius 1 is 0.707 bits per heavy atom. The lowest BCUT2D eigenvalue weighted by atomic mass is 9.97. The van der Waals surface area contributed by atoms with Crippen LogP contribution in [-0.4, -0.2) is 50.1 Å². The molecule has 1 N–H and O–H groups in total. The second-order valence-corrected chi connectivity index (χ2v) is 9.77. The van der Waals surface area contributed by atoms with E-state index in [-0.39, 0.29) is 33.0 Å². The molecule has 0 atom stereocenters. The first-order chi connectivity index (χ1) is 19.7. The maximum Gasteiger partial charge on any atom is 0.333 e. The fourth-order valence-electron chi connectivity index (χ4n) is 4.03. The first-order valence-corrected chi connectivity index (χ1v) is 13.6. The molecule has 0 saturated heterocycles. The summed E-state index contributed by atoms with van der Waals surface area (Å²) < 4.78 is 22.5. The summed E-state index contributed by atoms with van der Waals surface area (Å²) in [6.07, 6.45) is 1.58. The van der Waals surface area contributed by atoms with Gasteiger partial charge in [0.25, 0.3) is 0 Å². The van der Waals surface area contributed by atoms with Gasteiger partial charge in [0.15, 0.2) is 0 Å². The van der Waals surface area contributed by atoms with E-state index in [0.717, 1.165) is 40.7 Å². The van der Waals surface area contributed by atoms with E-state index in [4.69, 9.17) is 24.1 Å². The molecule has 0 amide bonds. The average Bonchev–Trinajstić information content (AvgIpc) is 2.96. The van der Waals surface area contributed by atoms with Gasteiger partial charge in [0, 0.05) is 17.8 Å². The topological polar surface area (TPSA) is 91.3 Å². The third kappa shape index (κ3) is 9.36. The predicted molar refractivity (Wildman–Crippen MR) is 160 cm³/mol. The molecule has 0 saturated carbocycles. The maximum atomic E-state index is 11.8. The van der Waals surface area contributed by atoms with E-state index < -0.39 is 11.9 Å². The van der Waals surface area contributed by atoms with E-state index in [1.807, 2.05) is 43.3 Å². The van der Waals surface area contributed by atoms with Gasteiger partial charge in [0.05, 0.1) is 5.56 Å². The van der Waals surface area contributed by atoms with Gasteiger partial charge in [0.1, 0.15) is 37.9 Å². The minimum atomic E-state index is -0.469. The molecule has 0 spiro atoms. The van der Waals surface area contributed by atoms with Crippen LogP contribution in [0.2, 0.25) is 0 Å². The number of carbonyl (C=O) groups is 2. The Balaban J connectivity index is 1.85. The Morgan fingerprint density at radius 3 is 1.59 bits per heavy atom. The number of hydrogen-bond acceptors (Lipinski definition) is 7. The Bertz CT molecular complexity index is 1300. The van der Waals surface area contributed by atoms with Crippen molar-refractivity contribution in [3.05, 3.63) is 96.1 Å². The minimum absolute atomic E-state index is 0.0688. The number of aliphatic hydroxyl groups excluding tert-OH is 1. The highest BCUT2D eigenvalue weighted by atomic mass is 16.6. The molecule has 7 nitrogen and oxygen atoms in total. The molecule has 0 fully saturated rings. The zero-order valence-corrected chi connectivity index (χ0v) is 24.0. The summed E-state index contributed by atoms with van der Waals surface area (Å²) in [6.45, 7) is 12.9. The van der Waals surface area contributed by atoms with E-state index >= 15 is 0 Å². The normalized spacial score (nSPS) is 10.5. The molecule has 0 aliphatic heterocycles. The average molecular weight is 559 g/mol. The molecule has 7 heteroatoms. The van der Waals surface area contributed by atoms with E-state index in [9.17, 15) is 9.59 Å². The highest BCUT2D eigenvalue weighted by Gasteiger charge is 2.16. The lowest BCUT2D eigenvalue weighted by Gasteiger charge is -2.18. The second kappa shape index (κ2) is 15.4. The quantitative estimate of drug-likeness (QED) is 0.134. The molecule has 0 radical (unpaired) electrons. The Labute approximate surface area is 242 Å². The smallest absolute Gasteiger partial charge is 0.333 e. The molecule has 0 unspecified atom stereocenters. The van der Waals surface area contributed by atoms with Gasteiger partial charge in [-0.25, -0.2) is 9.59 Å². The van der Waals surface area contributed by atoms with Crippen molar-refractivity contribution in [1.82, 2.24) is 0 Å². The largest absolute Gasteiger partial charge is 0.489 e. The van der Waals surface area contributed by atoms with E-state index in [2.05, 4.69) is 37.4 Å². The van der Waals surface area contributed by atoms with Crippen molar-refractivity contribution in [2.75, 3.05) is 33.0 Å². The zero-order valence-electron chi connectivity index (χ0n) is 24.0. The Morgan fingerprint density at radius 2 is 1.15 bits per heavy atom. The van der Waals surface area contributed by atoms with Crippen LogP contribution in [-0.2, 0) is 25.5 Å². The molecule has 0 heterocycles. The van der Waals surface area contributed by atoms with Crippen molar-refractivity contribution in [2.24, 2.45) is 0 Å². The summed E-state index contributed by atoms with van der Waals surface area (Å²) in [4.78, 5) is 23.5. The number of esters is 2. The van der Waals surface area contributed by atoms with Crippen LogP contribution < -0.4 is 9.47 Å². The van der Waals surface area contributed by atoms with Gasteiger partial charge in [-0.2, -0.15) is 0 Å². The van der Waals surface area contributed by atoms with Crippen molar-refractivity contribution in [3.63, 3.8) is 0 Å². The van der Waals surface area contributed by atoms with Crippen molar-refractivity contribution in [2.45, 2.75) is 33.6 Å². The zero-order chi connectivity index (χ0) is 29.8. The van der Waals surface area contributed by atoms with E-state index in [1.54, 1.807) is 13.8 Å². The third-order valence-electron chi connectivity index (χ3n) is 6.14. The fourth-order valence-corrected chi connectivity index (χ4v) is 4.03. The fraction of sp³-hybridized carbons (Fsp3) is 0.294. The molecule has 216 valence electrons. The molecule has 3 aromatic carbocycles. The second-order valence-electron chi connectivity index (χ2n) is 9.77. The van der Waals surface area contributed by atoms with Crippen LogP contribution in [0.15, 0.2) is 85.0 Å². The first kappa shape index (κ1) is 31.2. The molecular weight excluding hydrogens is 520 g/mol. The van der Waals surface area contributed by atoms with Crippen LogP contribution >= 0.6 is 0 Å². The molecule has 0 bridgehead atoms. The molecule has 3 rings (SSSR count). The molecular formula is C34H38O7. The van der Waals surface area contributed by atoms with Crippen molar-refractivity contribution in [1.29, 1.82) is 0 Å². The van der Waals surface area contributed by atoms with Crippen molar-refractivity contribution < 1.29 is 33.6 Å². The van der Waals surface area contributed by atoms with Gasteiger partial charge in [-0.05, 0) is 73.6 Å². The highest BCUT2D eigenvalue weighted by Crippen LogP contribution is 2.40. The van der Waals surface area contributed by atoms with Gasteiger partial charge in [-0.3, -0.25) is 0 Å². The van der Waals surface area contributed by atoms with Crippen LogP contribution in [0, 0.1) is 6.92 Å². The number of carbonyl (C=O) groups excluding carboxylic acids is 2. The van der Waals surface area contributed by atoms with Gasteiger partial charge < -0.3 is 24.1 Å². The first-order valence-electron chi connectivity index (χ1n) is 13.6. The number of aliphatic hydroxyl groups is 1. The summed E-state index contributed by atoms with van der Waals surface area (Å²) in [7, 11) is 0. The Hall–Kier alpha value is -4.36. The lowest BCUT2D eigenvalue weighted by molar-refractivity contribution is -0.140. The molecule has 0 aliphatic rings. The number of aryl methyl sites for hydroxylation is 2. The minimum Gasteiger partial charge on any atom is -0.489 e. The lowest BCUT2D eigenvalue weighted by Crippen LogP contribution is -2.14. The van der Waals surface area contributed by atoms with Crippen molar-refractivity contribution >= 4 is 11.9 Å². The molecule has 3 aromatic rings. The maximum absolute atomic E-state index is 11.8. The van der Waals surface area contributed by atoms with Gasteiger partial charge in [0.2, 0.25) is 0 Å². The van der Waals surface area contributed by atoms with Gasteiger partial charge >= 0.3 is 11.9 Å².